The van der Waals surface area contributed by atoms with Crippen LogP contribution in [0.4, 0.5) is 0 Å². The standard InChI is InChI=1S/C14H20N4O4S/c1-9-6-16-10(7-15-9)14(19)18-8-11(17-23(2,20)21)13-12(18)4-3-5-22-13/h6-7,11-13,17H,3-5,8H2,1-2H3/t11-,12+,13+/m1/s1. The second-order valence-electron chi connectivity index (χ2n) is 6.04. The fraction of sp³-hybridized carbons (Fsp3) is 0.643. The van der Waals surface area contributed by atoms with E-state index in [1.165, 1.54) is 6.20 Å². The third-order valence-electron chi connectivity index (χ3n) is 4.15. The van der Waals surface area contributed by atoms with Crippen LogP contribution in [0, 0.1) is 6.92 Å². The Morgan fingerprint density at radius 2 is 2.17 bits per heavy atom. The summed E-state index contributed by atoms with van der Waals surface area (Å²) < 4.78 is 31.4. The number of nitrogens with one attached hydrogen (secondary N) is 1. The van der Waals surface area contributed by atoms with Gasteiger partial charge in [-0.25, -0.2) is 18.1 Å². The summed E-state index contributed by atoms with van der Waals surface area (Å²) in [7, 11) is -3.37. The first kappa shape index (κ1) is 16.3. The summed E-state index contributed by atoms with van der Waals surface area (Å²) in [6, 6.07) is -0.573. The van der Waals surface area contributed by atoms with Crippen LogP contribution in [0.5, 0.6) is 0 Å². The van der Waals surface area contributed by atoms with Gasteiger partial charge in [0.15, 0.2) is 0 Å². The van der Waals surface area contributed by atoms with Crippen molar-refractivity contribution in [2.24, 2.45) is 0 Å². The van der Waals surface area contributed by atoms with E-state index in [-0.39, 0.29) is 30.3 Å². The molecule has 0 spiro atoms. The Kier molecular flexibility index (Phi) is 4.35. The number of likely N-dealkylation sites (tertiary alicyclic amines) is 1. The smallest absolute Gasteiger partial charge is 0.274 e. The van der Waals surface area contributed by atoms with Crippen molar-refractivity contribution >= 4 is 15.9 Å². The molecule has 2 fully saturated rings. The zero-order chi connectivity index (χ0) is 16.6. The molecule has 1 N–H and O–H groups in total. The van der Waals surface area contributed by atoms with Gasteiger partial charge in [-0.15, -0.1) is 0 Å². The summed E-state index contributed by atoms with van der Waals surface area (Å²) >= 11 is 0. The Labute approximate surface area is 135 Å². The quantitative estimate of drug-likeness (QED) is 0.811. The minimum atomic E-state index is -3.37. The van der Waals surface area contributed by atoms with Crippen molar-refractivity contribution in [3.63, 3.8) is 0 Å². The van der Waals surface area contributed by atoms with Crippen molar-refractivity contribution in [3.8, 4) is 0 Å². The molecular formula is C14H20N4O4S. The van der Waals surface area contributed by atoms with Gasteiger partial charge in [0.2, 0.25) is 10.0 Å². The lowest BCUT2D eigenvalue weighted by molar-refractivity contribution is -0.0157. The lowest BCUT2D eigenvalue weighted by Gasteiger charge is -2.32. The fourth-order valence-electron chi connectivity index (χ4n) is 3.22. The molecular weight excluding hydrogens is 320 g/mol. The third-order valence-corrected chi connectivity index (χ3v) is 4.88. The SMILES string of the molecule is Cc1cnc(C(=O)N2C[C@@H](NS(C)(=O)=O)[C@@H]3OCCC[C@@H]32)cn1. The zero-order valence-electron chi connectivity index (χ0n) is 13.1. The van der Waals surface area contributed by atoms with Crippen LogP contribution in [0.2, 0.25) is 0 Å². The van der Waals surface area contributed by atoms with Gasteiger partial charge in [0.25, 0.3) is 5.91 Å². The Hall–Kier alpha value is -1.58. The number of nitrogens with zero attached hydrogens (tertiary/aromatic N) is 3. The Balaban J connectivity index is 1.83. The Bertz CT molecular complexity index is 691. The summed E-state index contributed by atoms with van der Waals surface area (Å²) in [5.74, 6) is -0.240. The first-order valence-electron chi connectivity index (χ1n) is 7.54. The predicted octanol–water partition coefficient (Wildman–Crippen LogP) is -0.294. The molecule has 1 aromatic heterocycles. The number of aryl methyl sites for hydroxylation is 1. The molecule has 2 aliphatic heterocycles. The third kappa shape index (κ3) is 3.51. The summed E-state index contributed by atoms with van der Waals surface area (Å²) in [6.45, 7) is 2.65. The highest BCUT2D eigenvalue weighted by atomic mass is 32.2. The maximum Gasteiger partial charge on any atom is 0.274 e. The van der Waals surface area contributed by atoms with E-state index in [1.54, 1.807) is 18.0 Å². The van der Waals surface area contributed by atoms with E-state index in [0.29, 0.717) is 6.61 Å². The average molecular weight is 340 g/mol. The van der Waals surface area contributed by atoms with Gasteiger partial charge in [-0.3, -0.25) is 9.78 Å². The topological polar surface area (TPSA) is 101 Å². The number of sulfonamides is 1. The summed E-state index contributed by atoms with van der Waals surface area (Å²) in [5, 5.41) is 0. The normalized spacial score (nSPS) is 27.7. The molecule has 3 atom stereocenters. The molecule has 3 rings (SSSR count). The molecule has 1 amide bonds. The van der Waals surface area contributed by atoms with Crippen LogP contribution >= 0.6 is 0 Å². The van der Waals surface area contributed by atoms with Crippen molar-refractivity contribution < 1.29 is 17.9 Å². The van der Waals surface area contributed by atoms with Crippen molar-refractivity contribution in [3.05, 3.63) is 23.8 Å². The van der Waals surface area contributed by atoms with Crippen LogP contribution < -0.4 is 4.72 Å². The summed E-state index contributed by atoms with van der Waals surface area (Å²) in [4.78, 5) is 22.6. The molecule has 9 heteroatoms. The highest BCUT2D eigenvalue weighted by molar-refractivity contribution is 7.88. The maximum absolute atomic E-state index is 12.7. The number of aromatic nitrogens is 2. The first-order chi connectivity index (χ1) is 10.8. The number of carbonyl (C=O) groups excluding carboxylic acids is 1. The molecule has 0 unspecified atom stereocenters. The zero-order valence-corrected chi connectivity index (χ0v) is 13.9. The van der Waals surface area contributed by atoms with Crippen LogP contribution in [0.25, 0.3) is 0 Å². The van der Waals surface area contributed by atoms with Gasteiger partial charge in [-0.2, -0.15) is 0 Å². The van der Waals surface area contributed by atoms with Crippen LogP contribution in [0.3, 0.4) is 0 Å². The number of rotatable bonds is 3. The minimum Gasteiger partial charge on any atom is -0.374 e. The number of carbonyl (C=O) groups is 1. The van der Waals surface area contributed by atoms with Gasteiger partial charge in [-0.1, -0.05) is 0 Å². The number of ether oxygens (including phenoxy) is 1. The Morgan fingerprint density at radius 1 is 1.39 bits per heavy atom. The molecule has 0 radical (unpaired) electrons. The van der Waals surface area contributed by atoms with Crippen molar-refractivity contribution in [1.29, 1.82) is 0 Å². The van der Waals surface area contributed by atoms with E-state index in [4.69, 9.17) is 4.74 Å². The van der Waals surface area contributed by atoms with Gasteiger partial charge >= 0.3 is 0 Å². The molecule has 1 aromatic rings. The second-order valence-corrected chi connectivity index (χ2v) is 7.82. The van der Waals surface area contributed by atoms with E-state index in [0.717, 1.165) is 24.8 Å². The molecule has 0 aliphatic carbocycles. The molecule has 126 valence electrons. The molecule has 2 aliphatic rings. The number of hydrogen-bond acceptors (Lipinski definition) is 6. The highest BCUT2D eigenvalue weighted by Crippen LogP contribution is 2.30. The van der Waals surface area contributed by atoms with Gasteiger partial charge < -0.3 is 9.64 Å². The molecule has 2 saturated heterocycles. The van der Waals surface area contributed by atoms with Gasteiger partial charge in [0.05, 0.1) is 36.3 Å². The van der Waals surface area contributed by atoms with E-state index in [9.17, 15) is 13.2 Å². The van der Waals surface area contributed by atoms with E-state index < -0.39 is 16.1 Å². The van der Waals surface area contributed by atoms with Gasteiger partial charge in [-0.05, 0) is 19.8 Å². The lowest BCUT2D eigenvalue weighted by atomic mass is 10.0. The van der Waals surface area contributed by atoms with E-state index in [1.807, 2.05) is 0 Å². The van der Waals surface area contributed by atoms with Crippen LogP contribution in [-0.4, -0.2) is 66.8 Å². The second kappa shape index (κ2) is 6.14. The molecule has 3 heterocycles. The predicted molar refractivity (Wildman–Crippen MR) is 82.3 cm³/mol. The average Bonchev–Trinajstić information content (AvgIpc) is 2.84. The minimum absolute atomic E-state index is 0.140. The van der Waals surface area contributed by atoms with Gasteiger partial charge in [0, 0.05) is 19.3 Å². The monoisotopic (exact) mass is 340 g/mol. The summed E-state index contributed by atoms with van der Waals surface area (Å²) in [6.07, 6.45) is 5.42. The van der Waals surface area contributed by atoms with Crippen molar-refractivity contribution in [2.45, 2.75) is 38.0 Å². The number of hydrogen-bond donors (Lipinski definition) is 1. The van der Waals surface area contributed by atoms with Crippen LogP contribution in [0.15, 0.2) is 12.4 Å². The van der Waals surface area contributed by atoms with E-state index >= 15 is 0 Å². The van der Waals surface area contributed by atoms with Crippen molar-refractivity contribution in [1.82, 2.24) is 19.6 Å². The molecule has 0 bridgehead atoms. The summed E-state index contributed by atoms with van der Waals surface area (Å²) in [5.41, 5.74) is 0.999. The first-order valence-corrected chi connectivity index (χ1v) is 9.43. The molecule has 0 saturated carbocycles. The molecule has 23 heavy (non-hydrogen) atoms. The maximum atomic E-state index is 12.7. The largest absolute Gasteiger partial charge is 0.374 e. The number of fused-ring (bicyclic) bond motifs is 1. The lowest BCUT2D eigenvalue weighted by Crippen LogP contribution is -2.47. The van der Waals surface area contributed by atoms with Crippen LogP contribution in [0.1, 0.15) is 29.0 Å². The highest BCUT2D eigenvalue weighted by Gasteiger charge is 2.47. The van der Waals surface area contributed by atoms with Crippen LogP contribution in [-0.2, 0) is 14.8 Å². The van der Waals surface area contributed by atoms with Gasteiger partial charge in [0.1, 0.15) is 5.69 Å². The molecule has 8 nitrogen and oxygen atoms in total. The van der Waals surface area contributed by atoms with E-state index in [2.05, 4.69) is 14.7 Å². The molecule has 0 aromatic carbocycles. The Morgan fingerprint density at radius 3 is 2.83 bits per heavy atom. The van der Waals surface area contributed by atoms with Crippen molar-refractivity contribution in [2.75, 3.05) is 19.4 Å². The number of amides is 1. The fourth-order valence-corrected chi connectivity index (χ4v) is 3.98.